The predicted molar refractivity (Wildman–Crippen MR) is 99.8 cm³/mol. The molecule has 2 aromatic heterocycles. The molecule has 0 aliphatic carbocycles. The fourth-order valence-electron chi connectivity index (χ4n) is 3.43. The number of anilines is 1. The Kier molecular flexibility index (Phi) is 5.30. The van der Waals surface area contributed by atoms with Crippen molar-refractivity contribution in [1.29, 1.82) is 0 Å². The fraction of sp³-hybridized carbons (Fsp3) is 0.526. The number of hydrogen-bond acceptors (Lipinski definition) is 6. The molecule has 0 radical (unpaired) electrons. The molecule has 6 nitrogen and oxygen atoms in total. The number of likely N-dealkylation sites (N-methyl/N-ethyl adjacent to an activating group) is 2. The molecular weight excluding hydrogens is 314 g/mol. The second kappa shape index (κ2) is 7.45. The van der Waals surface area contributed by atoms with Crippen molar-refractivity contribution in [3.8, 4) is 11.4 Å². The van der Waals surface area contributed by atoms with E-state index >= 15 is 0 Å². The monoisotopic (exact) mass is 341 g/mol. The van der Waals surface area contributed by atoms with Gasteiger partial charge in [0.25, 0.3) is 0 Å². The molecule has 1 saturated heterocycles. The number of pyridine rings is 1. The molecule has 0 amide bonds. The largest absolute Gasteiger partial charge is 0.380 e. The van der Waals surface area contributed by atoms with Crippen molar-refractivity contribution in [3.63, 3.8) is 0 Å². The Hall–Kier alpha value is -2.05. The Morgan fingerprint density at radius 3 is 2.60 bits per heavy atom. The first kappa shape index (κ1) is 17.8. The number of aromatic nitrogens is 3. The second-order valence-electron chi connectivity index (χ2n) is 6.88. The van der Waals surface area contributed by atoms with Gasteiger partial charge in [0.2, 0.25) is 0 Å². The molecule has 2 atom stereocenters. The molecule has 0 aromatic carbocycles. The number of hydrogen-bond donors (Lipinski definition) is 0. The lowest BCUT2D eigenvalue weighted by Crippen LogP contribution is -2.37. The molecule has 0 saturated carbocycles. The van der Waals surface area contributed by atoms with Gasteiger partial charge >= 0.3 is 0 Å². The molecule has 6 heteroatoms. The Morgan fingerprint density at radius 2 is 1.96 bits per heavy atom. The summed E-state index contributed by atoms with van der Waals surface area (Å²) in [7, 11) is 6.07. The summed E-state index contributed by atoms with van der Waals surface area (Å²) in [6.45, 7) is 6.04. The standard InChI is InChI=1S/C19H27N5O/c1-13-14(2)21-18(15-6-8-20-9-7-15)22-19(13)24(4)11-16-10-17(25-5)12-23(16)3/h6-9,16-17H,10-12H2,1-5H3/t16-,17-/m0/s1. The topological polar surface area (TPSA) is 54.4 Å². The van der Waals surface area contributed by atoms with E-state index in [0.29, 0.717) is 12.1 Å². The molecule has 134 valence electrons. The maximum absolute atomic E-state index is 5.53. The Labute approximate surface area is 149 Å². The van der Waals surface area contributed by atoms with Gasteiger partial charge in [-0.1, -0.05) is 0 Å². The summed E-state index contributed by atoms with van der Waals surface area (Å²) in [6.07, 6.45) is 4.92. The molecule has 0 N–H and O–H groups in total. The highest BCUT2D eigenvalue weighted by molar-refractivity contribution is 5.59. The van der Waals surface area contributed by atoms with Gasteiger partial charge in [0.05, 0.1) is 6.10 Å². The highest BCUT2D eigenvalue weighted by Gasteiger charge is 2.30. The van der Waals surface area contributed by atoms with Gasteiger partial charge in [-0.3, -0.25) is 9.88 Å². The quantitative estimate of drug-likeness (QED) is 0.832. The lowest BCUT2D eigenvalue weighted by Gasteiger charge is -2.28. The van der Waals surface area contributed by atoms with Crippen LogP contribution in [0.25, 0.3) is 11.4 Å². The number of nitrogens with zero attached hydrogens (tertiary/aromatic N) is 5. The predicted octanol–water partition coefficient (Wildman–Crippen LogP) is 2.31. The smallest absolute Gasteiger partial charge is 0.161 e. The lowest BCUT2D eigenvalue weighted by molar-refractivity contribution is 0.111. The summed E-state index contributed by atoms with van der Waals surface area (Å²) in [5, 5.41) is 0. The van der Waals surface area contributed by atoms with Gasteiger partial charge < -0.3 is 9.64 Å². The molecule has 1 aliphatic rings. The summed E-state index contributed by atoms with van der Waals surface area (Å²) in [4.78, 5) is 18.2. The summed E-state index contributed by atoms with van der Waals surface area (Å²) in [5.41, 5.74) is 3.13. The van der Waals surface area contributed by atoms with E-state index in [1.807, 2.05) is 19.1 Å². The van der Waals surface area contributed by atoms with E-state index in [-0.39, 0.29) is 0 Å². The zero-order valence-electron chi connectivity index (χ0n) is 15.7. The molecule has 2 aromatic rings. The van der Waals surface area contributed by atoms with E-state index in [1.54, 1.807) is 19.5 Å². The second-order valence-corrected chi connectivity index (χ2v) is 6.88. The first-order valence-corrected chi connectivity index (χ1v) is 8.69. The van der Waals surface area contributed by atoms with Crippen LogP contribution < -0.4 is 4.90 Å². The minimum atomic E-state index is 0.323. The van der Waals surface area contributed by atoms with Crippen molar-refractivity contribution in [2.45, 2.75) is 32.4 Å². The maximum atomic E-state index is 5.53. The van der Waals surface area contributed by atoms with Gasteiger partial charge in [-0.05, 0) is 39.4 Å². The summed E-state index contributed by atoms with van der Waals surface area (Å²) >= 11 is 0. The first-order valence-electron chi connectivity index (χ1n) is 8.69. The molecular formula is C19H27N5O. The molecule has 1 aliphatic heterocycles. The zero-order valence-corrected chi connectivity index (χ0v) is 15.7. The molecule has 25 heavy (non-hydrogen) atoms. The molecule has 1 fully saturated rings. The number of rotatable bonds is 5. The average Bonchev–Trinajstić information content (AvgIpc) is 2.97. The maximum Gasteiger partial charge on any atom is 0.161 e. The van der Waals surface area contributed by atoms with Crippen LogP contribution in [-0.2, 0) is 4.74 Å². The van der Waals surface area contributed by atoms with E-state index in [9.17, 15) is 0 Å². The van der Waals surface area contributed by atoms with Crippen molar-refractivity contribution in [3.05, 3.63) is 35.8 Å². The van der Waals surface area contributed by atoms with Crippen molar-refractivity contribution >= 4 is 5.82 Å². The normalized spacial score (nSPS) is 20.8. The molecule has 0 bridgehead atoms. The van der Waals surface area contributed by atoms with Crippen LogP contribution in [0.2, 0.25) is 0 Å². The summed E-state index contributed by atoms with van der Waals surface area (Å²) in [6, 6.07) is 4.36. The van der Waals surface area contributed by atoms with Crippen molar-refractivity contribution < 1.29 is 4.74 Å². The molecule has 3 rings (SSSR count). The Balaban J connectivity index is 1.85. The third kappa shape index (κ3) is 3.80. The van der Waals surface area contributed by atoms with Crippen LogP contribution in [0.3, 0.4) is 0 Å². The molecule has 3 heterocycles. The summed E-state index contributed by atoms with van der Waals surface area (Å²) < 4.78 is 5.53. The van der Waals surface area contributed by atoms with Crippen LogP contribution in [0, 0.1) is 13.8 Å². The Bertz CT molecular complexity index is 721. The zero-order chi connectivity index (χ0) is 18.0. The van der Waals surface area contributed by atoms with Crippen LogP contribution in [0.15, 0.2) is 24.5 Å². The van der Waals surface area contributed by atoms with Crippen molar-refractivity contribution in [2.75, 3.05) is 39.2 Å². The van der Waals surface area contributed by atoms with Gasteiger partial charge in [-0.15, -0.1) is 0 Å². The van der Waals surface area contributed by atoms with Gasteiger partial charge in [-0.25, -0.2) is 9.97 Å². The minimum absolute atomic E-state index is 0.323. The third-order valence-corrected chi connectivity index (χ3v) is 5.13. The van der Waals surface area contributed by atoms with Gasteiger partial charge in [0.15, 0.2) is 5.82 Å². The highest BCUT2D eigenvalue weighted by atomic mass is 16.5. The minimum Gasteiger partial charge on any atom is -0.380 e. The first-order chi connectivity index (χ1) is 12.0. The van der Waals surface area contributed by atoms with E-state index in [4.69, 9.17) is 9.72 Å². The number of likely N-dealkylation sites (tertiary alicyclic amines) is 1. The Morgan fingerprint density at radius 1 is 1.24 bits per heavy atom. The average molecular weight is 341 g/mol. The molecule has 0 unspecified atom stereocenters. The van der Waals surface area contributed by atoms with Crippen molar-refractivity contribution in [2.24, 2.45) is 0 Å². The number of ether oxygens (including phenoxy) is 1. The summed E-state index contributed by atoms with van der Waals surface area (Å²) in [5.74, 6) is 1.75. The van der Waals surface area contributed by atoms with Crippen molar-refractivity contribution in [1.82, 2.24) is 19.9 Å². The van der Waals surface area contributed by atoms with Crippen LogP contribution >= 0.6 is 0 Å². The van der Waals surface area contributed by atoms with Gasteiger partial charge in [0, 0.05) is 62.5 Å². The van der Waals surface area contributed by atoms with E-state index in [1.165, 1.54) is 0 Å². The van der Waals surface area contributed by atoms with E-state index in [0.717, 1.165) is 48.0 Å². The fourth-order valence-corrected chi connectivity index (χ4v) is 3.43. The van der Waals surface area contributed by atoms with Crippen LogP contribution in [-0.4, -0.2) is 66.3 Å². The number of methoxy groups -OCH3 is 1. The van der Waals surface area contributed by atoms with Crippen LogP contribution in [0.1, 0.15) is 17.7 Å². The van der Waals surface area contributed by atoms with E-state index in [2.05, 4.69) is 40.8 Å². The van der Waals surface area contributed by atoms with Crippen LogP contribution in [0.4, 0.5) is 5.82 Å². The van der Waals surface area contributed by atoms with Gasteiger partial charge in [0.1, 0.15) is 5.82 Å². The SMILES string of the molecule is CO[C@H]1C[C@@H](CN(C)c2nc(-c3ccncc3)nc(C)c2C)N(C)C1. The van der Waals surface area contributed by atoms with E-state index < -0.39 is 0 Å². The van der Waals surface area contributed by atoms with Gasteiger partial charge in [-0.2, -0.15) is 0 Å². The molecule has 0 spiro atoms. The third-order valence-electron chi connectivity index (χ3n) is 5.13. The highest BCUT2D eigenvalue weighted by Crippen LogP contribution is 2.26. The van der Waals surface area contributed by atoms with Crippen LogP contribution in [0.5, 0.6) is 0 Å². The number of aryl methyl sites for hydroxylation is 1. The lowest BCUT2D eigenvalue weighted by atomic mass is 10.1.